The molecule has 2 rings (SSSR count). The number of benzene rings is 1. The Morgan fingerprint density at radius 2 is 2.19 bits per heavy atom. The molecule has 2 aromatic rings. The van der Waals surface area contributed by atoms with Gasteiger partial charge in [-0.05, 0) is 6.07 Å². The van der Waals surface area contributed by atoms with Gasteiger partial charge in [-0.15, -0.1) is 0 Å². The van der Waals surface area contributed by atoms with Crippen LogP contribution in [0.3, 0.4) is 0 Å². The molecule has 0 spiro atoms. The monoisotopic (exact) mass is 313 g/mol. The molecule has 110 valence electrons. The zero-order chi connectivity index (χ0) is 15.4. The number of ether oxygens (including phenoxy) is 2. The number of para-hydroxylation sites is 1. The minimum absolute atomic E-state index is 0.0473. The summed E-state index contributed by atoms with van der Waals surface area (Å²) < 4.78 is 23.7. The van der Waals surface area contributed by atoms with Gasteiger partial charge in [0.1, 0.15) is 11.8 Å². The van der Waals surface area contributed by atoms with Crippen LogP contribution in [-0.2, 0) is 11.3 Å². The number of nitrogens with zero attached hydrogens (tertiary/aromatic N) is 3. The molecule has 0 radical (unpaired) electrons. The zero-order valence-corrected chi connectivity index (χ0v) is 11.5. The number of aromatic nitrogens is 2. The van der Waals surface area contributed by atoms with Crippen LogP contribution in [0.2, 0.25) is 5.15 Å². The second-order valence-electron chi connectivity index (χ2n) is 3.83. The second kappa shape index (κ2) is 6.42. The Kier molecular flexibility index (Phi) is 4.61. The number of halogens is 2. The fraction of sp³-hybridized carbons (Fsp3) is 0.167. The van der Waals surface area contributed by atoms with Gasteiger partial charge in [-0.3, -0.25) is 10.1 Å². The lowest BCUT2D eigenvalue weighted by molar-refractivity contribution is -0.385. The van der Waals surface area contributed by atoms with Crippen LogP contribution in [-0.4, -0.2) is 22.0 Å². The lowest BCUT2D eigenvalue weighted by Gasteiger charge is -2.08. The molecule has 0 N–H and O–H groups in total. The van der Waals surface area contributed by atoms with Crippen molar-refractivity contribution in [3.63, 3.8) is 0 Å². The van der Waals surface area contributed by atoms with Crippen LogP contribution < -0.4 is 4.74 Å². The van der Waals surface area contributed by atoms with E-state index in [4.69, 9.17) is 21.1 Å². The average molecular weight is 314 g/mol. The van der Waals surface area contributed by atoms with Crippen molar-refractivity contribution in [3.05, 3.63) is 51.2 Å². The first-order valence-electron chi connectivity index (χ1n) is 5.64. The zero-order valence-electron chi connectivity index (χ0n) is 10.7. The first-order chi connectivity index (χ1) is 10.0. The van der Waals surface area contributed by atoms with Crippen LogP contribution in [0.5, 0.6) is 11.6 Å². The molecule has 1 heterocycles. The van der Waals surface area contributed by atoms with Crippen molar-refractivity contribution in [3.8, 4) is 11.6 Å². The maximum Gasteiger partial charge on any atom is 0.314 e. The van der Waals surface area contributed by atoms with Gasteiger partial charge in [0.15, 0.2) is 11.6 Å². The molecule has 0 aliphatic heterocycles. The van der Waals surface area contributed by atoms with Crippen molar-refractivity contribution >= 4 is 17.3 Å². The second-order valence-corrected chi connectivity index (χ2v) is 4.21. The Morgan fingerprint density at radius 1 is 1.43 bits per heavy atom. The van der Waals surface area contributed by atoms with Gasteiger partial charge < -0.3 is 9.47 Å². The fourth-order valence-electron chi connectivity index (χ4n) is 1.53. The molecule has 7 nitrogen and oxygen atoms in total. The summed E-state index contributed by atoms with van der Waals surface area (Å²) in [6.45, 7) is 0.0658. The molecular formula is C12H9ClFN3O4. The Morgan fingerprint density at radius 3 is 2.86 bits per heavy atom. The van der Waals surface area contributed by atoms with Crippen LogP contribution in [0.1, 0.15) is 5.82 Å². The van der Waals surface area contributed by atoms with Gasteiger partial charge in [-0.1, -0.05) is 17.7 Å². The third-order valence-electron chi connectivity index (χ3n) is 2.34. The summed E-state index contributed by atoms with van der Waals surface area (Å²) in [6.07, 6.45) is 0. The minimum atomic E-state index is -0.882. The van der Waals surface area contributed by atoms with E-state index in [1.807, 2.05) is 0 Å². The van der Waals surface area contributed by atoms with Crippen molar-refractivity contribution in [1.29, 1.82) is 0 Å². The fourth-order valence-corrected chi connectivity index (χ4v) is 1.73. The van der Waals surface area contributed by atoms with Gasteiger partial charge >= 0.3 is 5.69 Å². The molecule has 1 aromatic heterocycles. The topological polar surface area (TPSA) is 87.4 Å². The highest BCUT2D eigenvalue weighted by Gasteiger charge is 2.21. The molecule has 0 saturated carbocycles. The predicted molar refractivity (Wildman–Crippen MR) is 70.9 cm³/mol. The van der Waals surface area contributed by atoms with Crippen LogP contribution in [0.4, 0.5) is 10.1 Å². The third-order valence-corrected chi connectivity index (χ3v) is 2.53. The Labute approximate surface area is 123 Å². The molecule has 0 atom stereocenters. The van der Waals surface area contributed by atoms with Crippen LogP contribution in [0.15, 0.2) is 24.3 Å². The van der Waals surface area contributed by atoms with E-state index in [2.05, 4.69) is 9.97 Å². The van der Waals surface area contributed by atoms with E-state index in [0.29, 0.717) is 0 Å². The highest BCUT2D eigenvalue weighted by molar-refractivity contribution is 6.29. The van der Waals surface area contributed by atoms with Crippen molar-refractivity contribution in [2.45, 2.75) is 6.61 Å². The van der Waals surface area contributed by atoms with E-state index in [-0.39, 0.29) is 23.5 Å². The molecular weight excluding hydrogens is 305 g/mol. The van der Waals surface area contributed by atoms with Gasteiger partial charge in [0.25, 0.3) is 0 Å². The quantitative estimate of drug-likeness (QED) is 0.479. The van der Waals surface area contributed by atoms with Gasteiger partial charge in [0.05, 0.1) is 4.92 Å². The largest absolute Gasteiger partial charge is 0.428 e. The summed E-state index contributed by atoms with van der Waals surface area (Å²) >= 11 is 5.78. The SMILES string of the molecule is COCc1nc(Cl)cc(Oc2c(F)cccc2[N+](=O)[O-])n1. The maximum atomic E-state index is 13.7. The molecule has 0 aliphatic carbocycles. The lowest BCUT2D eigenvalue weighted by atomic mass is 10.3. The molecule has 9 heteroatoms. The summed E-state index contributed by atoms with van der Waals surface area (Å²) in [5, 5.41) is 10.9. The summed E-state index contributed by atoms with van der Waals surface area (Å²) in [5.74, 6) is -1.33. The number of nitro benzene ring substituents is 1. The highest BCUT2D eigenvalue weighted by Crippen LogP contribution is 2.33. The number of rotatable bonds is 5. The summed E-state index contributed by atoms with van der Waals surface area (Å²) in [4.78, 5) is 17.9. The molecule has 0 fully saturated rings. The smallest absolute Gasteiger partial charge is 0.314 e. The molecule has 0 unspecified atom stereocenters. The Hall–Kier alpha value is -2.32. The minimum Gasteiger partial charge on any atom is -0.428 e. The van der Waals surface area contributed by atoms with Crippen LogP contribution in [0.25, 0.3) is 0 Å². The van der Waals surface area contributed by atoms with E-state index >= 15 is 0 Å². The first-order valence-corrected chi connectivity index (χ1v) is 6.02. The molecule has 0 aliphatic rings. The standard InChI is InChI=1S/C12H9ClFN3O4/c1-20-6-10-15-9(13)5-11(16-10)21-12-7(14)3-2-4-8(12)17(18)19/h2-5H,6H2,1H3. The summed E-state index contributed by atoms with van der Waals surface area (Å²) in [7, 11) is 1.44. The van der Waals surface area contributed by atoms with E-state index in [0.717, 1.165) is 12.1 Å². The van der Waals surface area contributed by atoms with E-state index in [1.165, 1.54) is 19.2 Å². The molecule has 0 bridgehead atoms. The van der Waals surface area contributed by atoms with Gasteiger partial charge in [0.2, 0.25) is 11.6 Å². The summed E-state index contributed by atoms with van der Waals surface area (Å²) in [6, 6.07) is 4.60. The van der Waals surface area contributed by atoms with Crippen LogP contribution >= 0.6 is 11.6 Å². The van der Waals surface area contributed by atoms with Crippen molar-refractivity contribution < 1.29 is 18.8 Å². The number of methoxy groups -OCH3 is 1. The Bertz CT molecular complexity index is 684. The summed E-state index contributed by atoms with van der Waals surface area (Å²) in [5.41, 5.74) is -0.516. The van der Waals surface area contributed by atoms with Gasteiger partial charge in [0, 0.05) is 19.2 Å². The normalized spacial score (nSPS) is 10.4. The maximum absolute atomic E-state index is 13.7. The van der Waals surface area contributed by atoms with Crippen molar-refractivity contribution in [1.82, 2.24) is 9.97 Å². The third kappa shape index (κ3) is 3.61. The molecule has 0 amide bonds. The first kappa shape index (κ1) is 15.1. The molecule has 0 saturated heterocycles. The number of hydrogen-bond donors (Lipinski definition) is 0. The average Bonchev–Trinajstić information content (AvgIpc) is 2.40. The molecule has 21 heavy (non-hydrogen) atoms. The Balaban J connectivity index is 2.40. The molecule has 1 aromatic carbocycles. The number of hydrogen-bond acceptors (Lipinski definition) is 6. The van der Waals surface area contributed by atoms with E-state index < -0.39 is 22.2 Å². The number of nitro groups is 1. The van der Waals surface area contributed by atoms with Gasteiger partial charge in [-0.2, -0.15) is 4.98 Å². The lowest BCUT2D eigenvalue weighted by Crippen LogP contribution is -2.01. The predicted octanol–water partition coefficient (Wildman–Crippen LogP) is 3.12. The van der Waals surface area contributed by atoms with Crippen molar-refractivity contribution in [2.75, 3.05) is 7.11 Å². The van der Waals surface area contributed by atoms with Crippen molar-refractivity contribution in [2.24, 2.45) is 0 Å². The van der Waals surface area contributed by atoms with E-state index in [9.17, 15) is 14.5 Å². The highest BCUT2D eigenvalue weighted by atomic mass is 35.5. The van der Waals surface area contributed by atoms with Crippen LogP contribution in [0, 0.1) is 15.9 Å². The van der Waals surface area contributed by atoms with Gasteiger partial charge in [-0.25, -0.2) is 9.37 Å². The van der Waals surface area contributed by atoms with E-state index in [1.54, 1.807) is 0 Å².